The van der Waals surface area contributed by atoms with E-state index in [0.717, 1.165) is 0 Å². The van der Waals surface area contributed by atoms with Crippen LogP contribution in [0.3, 0.4) is 0 Å². The number of carboxylic acids is 1. The van der Waals surface area contributed by atoms with Crippen molar-refractivity contribution in [1.29, 1.82) is 0 Å². The predicted molar refractivity (Wildman–Crippen MR) is 63.9 cm³/mol. The second-order valence-corrected chi connectivity index (χ2v) is 5.47. The van der Waals surface area contributed by atoms with Crippen LogP contribution in [0.5, 0.6) is 0 Å². The van der Waals surface area contributed by atoms with E-state index in [1.165, 1.54) is 7.11 Å². The lowest BCUT2D eigenvalue weighted by Crippen LogP contribution is -2.30. The first-order valence-corrected chi connectivity index (χ1v) is 6.45. The Balaban J connectivity index is 2.99. The number of carbonyl (C=O) groups is 1. The van der Waals surface area contributed by atoms with Gasteiger partial charge in [0.1, 0.15) is 0 Å². The van der Waals surface area contributed by atoms with E-state index < -0.39 is 22.0 Å². The van der Waals surface area contributed by atoms with Gasteiger partial charge in [-0.1, -0.05) is 12.1 Å². The van der Waals surface area contributed by atoms with E-state index in [1.807, 2.05) is 0 Å². The van der Waals surface area contributed by atoms with Crippen LogP contribution < -0.4 is 0 Å². The lowest BCUT2D eigenvalue weighted by atomic mass is 10.4. The fourth-order valence-corrected chi connectivity index (χ4v) is 3.12. The van der Waals surface area contributed by atoms with Crippen molar-refractivity contribution in [2.75, 3.05) is 13.7 Å². The molecule has 6 heteroatoms. The number of methoxy groups -OCH3 is 1. The standard InChI is InChI=1S/C10H11BrO4S/c1-15-6-9(10(12)13)16(14)8-5-3-2-4-7(8)11/h2-5,9H,6H2,1H3,(H,12,13). The summed E-state index contributed by atoms with van der Waals surface area (Å²) in [7, 11) is -0.252. The van der Waals surface area contributed by atoms with Gasteiger partial charge in [-0.25, -0.2) is 0 Å². The van der Waals surface area contributed by atoms with Crippen molar-refractivity contribution in [3.63, 3.8) is 0 Å². The molecule has 88 valence electrons. The van der Waals surface area contributed by atoms with Gasteiger partial charge >= 0.3 is 5.97 Å². The van der Waals surface area contributed by atoms with Crippen LogP contribution in [0.25, 0.3) is 0 Å². The molecule has 2 atom stereocenters. The summed E-state index contributed by atoms with van der Waals surface area (Å²) in [4.78, 5) is 11.4. The van der Waals surface area contributed by atoms with E-state index in [0.29, 0.717) is 9.37 Å². The van der Waals surface area contributed by atoms with Gasteiger partial charge in [0.15, 0.2) is 5.25 Å². The largest absolute Gasteiger partial charge is 0.480 e. The average molecular weight is 307 g/mol. The molecule has 0 radical (unpaired) electrons. The zero-order valence-electron chi connectivity index (χ0n) is 8.55. The number of hydrogen-bond donors (Lipinski definition) is 1. The Kier molecular flexibility index (Phi) is 5.11. The van der Waals surface area contributed by atoms with Gasteiger partial charge in [0.05, 0.1) is 22.3 Å². The summed E-state index contributed by atoms with van der Waals surface area (Å²) in [5.41, 5.74) is 0. The first-order chi connectivity index (χ1) is 7.57. The van der Waals surface area contributed by atoms with Crippen molar-refractivity contribution < 1.29 is 18.8 Å². The second-order valence-electron chi connectivity index (χ2n) is 3.01. The quantitative estimate of drug-likeness (QED) is 0.898. The highest BCUT2D eigenvalue weighted by atomic mass is 79.9. The van der Waals surface area contributed by atoms with Crippen LogP contribution in [0, 0.1) is 0 Å². The summed E-state index contributed by atoms with van der Waals surface area (Å²) in [5, 5.41) is 7.89. The van der Waals surface area contributed by atoms with E-state index in [-0.39, 0.29) is 6.61 Å². The van der Waals surface area contributed by atoms with Crippen LogP contribution in [-0.4, -0.2) is 34.3 Å². The first kappa shape index (κ1) is 13.3. The molecule has 1 N–H and O–H groups in total. The van der Waals surface area contributed by atoms with Crippen molar-refractivity contribution in [3.05, 3.63) is 28.7 Å². The molecule has 0 aliphatic heterocycles. The van der Waals surface area contributed by atoms with Gasteiger partial charge in [0.25, 0.3) is 0 Å². The molecule has 0 heterocycles. The molecule has 16 heavy (non-hydrogen) atoms. The van der Waals surface area contributed by atoms with Crippen molar-refractivity contribution in [2.24, 2.45) is 0 Å². The maximum absolute atomic E-state index is 12.0. The molecule has 0 amide bonds. The highest BCUT2D eigenvalue weighted by Gasteiger charge is 2.26. The maximum atomic E-state index is 12.0. The molecule has 2 unspecified atom stereocenters. The molecule has 1 aromatic carbocycles. The normalized spacial score (nSPS) is 14.4. The van der Waals surface area contributed by atoms with Gasteiger partial charge in [0, 0.05) is 11.6 Å². The van der Waals surface area contributed by atoms with Crippen LogP contribution in [0.4, 0.5) is 0 Å². The molecule has 0 fully saturated rings. The molecule has 0 spiro atoms. The third kappa shape index (κ3) is 3.13. The molecular weight excluding hydrogens is 296 g/mol. The fraction of sp³-hybridized carbons (Fsp3) is 0.300. The zero-order chi connectivity index (χ0) is 12.1. The number of aliphatic carboxylic acids is 1. The van der Waals surface area contributed by atoms with Crippen molar-refractivity contribution in [3.8, 4) is 0 Å². The predicted octanol–water partition coefficient (Wildman–Crippen LogP) is 1.66. The second kappa shape index (κ2) is 6.12. The van der Waals surface area contributed by atoms with E-state index in [9.17, 15) is 9.00 Å². The highest BCUT2D eigenvalue weighted by Crippen LogP contribution is 2.22. The van der Waals surface area contributed by atoms with Crippen LogP contribution in [0.1, 0.15) is 0 Å². The Labute approximate surface area is 104 Å². The lowest BCUT2D eigenvalue weighted by molar-refractivity contribution is -0.137. The molecule has 1 rings (SSSR count). The Bertz CT molecular complexity index is 408. The summed E-state index contributed by atoms with van der Waals surface area (Å²) < 4.78 is 17.4. The summed E-state index contributed by atoms with van der Waals surface area (Å²) >= 11 is 3.24. The number of rotatable bonds is 5. The molecule has 0 saturated carbocycles. The van der Waals surface area contributed by atoms with E-state index in [2.05, 4.69) is 15.9 Å². The van der Waals surface area contributed by atoms with Crippen LogP contribution in [-0.2, 0) is 20.3 Å². The molecule has 1 aromatic rings. The molecule has 0 saturated heterocycles. The number of benzene rings is 1. The highest BCUT2D eigenvalue weighted by molar-refractivity contribution is 9.10. The number of carboxylic acid groups (broad SMARTS) is 1. The molecule has 0 aliphatic carbocycles. The molecule has 0 bridgehead atoms. The zero-order valence-corrected chi connectivity index (χ0v) is 11.0. The summed E-state index contributed by atoms with van der Waals surface area (Å²) in [6.07, 6.45) is 0. The average Bonchev–Trinajstić information content (AvgIpc) is 2.25. The van der Waals surface area contributed by atoms with Gasteiger partial charge in [-0.15, -0.1) is 0 Å². The van der Waals surface area contributed by atoms with E-state index >= 15 is 0 Å². The monoisotopic (exact) mass is 306 g/mol. The topological polar surface area (TPSA) is 63.6 Å². The van der Waals surface area contributed by atoms with Gasteiger partial charge in [0.2, 0.25) is 0 Å². The van der Waals surface area contributed by atoms with Gasteiger partial charge < -0.3 is 9.84 Å². The van der Waals surface area contributed by atoms with Crippen LogP contribution >= 0.6 is 15.9 Å². The Morgan fingerprint density at radius 3 is 2.69 bits per heavy atom. The Morgan fingerprint density at radius 2 is 2.19 bits per heavy atom. The molecule has 4 nitrogen and oxygen atoms in total. The van der Waals surface area contributed by atoms with Crippen LogP contribution in [0.15, 0.2) is 33.6 Å². The maximum Gasteiger partial charge on any atom is 0.322 e. The molecular formula is C10H11BrO4S. The third-order valence-corrected chi connectivity index (χ3v) is 4.50. The van der Waals surface area contributed by atoms with Crippen molar-refractivity contribution in [2.45, 2.75) is 10.1 Å². The SMILES string of the molecule is COCC(C(=O)O)S(=O)c1ccccc1Br. The Morgan fingerprint density at radius 1 is 1.56 bits per heavy atom. The van der Waals surface area contributed by atoms with Crippen molar-refractivity contribution in [1.82, 2.24) is 0 Å². The minimum atomic E-state index is -1.63. The van der Waals surface area contributed by atoms with Crippen molar-refractivity contribution >= 4 is 32.7 Å². The first-order valence-electron chi connectivity index (χ1n) is 4.44. The Hall–Kier alpha value is -0.720. The fourth-order valence-electron chi connectivity index (χ4n) is 1.14. The third-order valence-electron chi connectivity index (χ3n) is 1.91. The lowest BCUT2D eigenvalue weighted by Gasteiger charge is -2.12. The summed E-state index contributed by atoms with van der Waals surface area (Å²) in [6.45, 7) is -0.0801. The van der Waals surface area contributed by atoms with E-state index in [1.54, 1.807) is 24.3 Å². The number of halogens is 1. The number of hydrogen-bond acceptors (Lipinski definition) is 3. The summed E-state index contributed by atoms with van der Waals surface area (Å²) in [6, 6.07) is 6.84. The van der Waals surface area contributed by atoms with E-state index in [4.69, 9.17) is 9.84 Å². The minimum Gasteiger partial charge on any atom is -0.480 e. The van der Waals surface area contributed by atoms with Gasteiger partial charge in [-0.3, -0.25) is 9.00 Å². The molecule has 0 aromatic heterocycles. The van der Waals surface area contributed by atoms with Crippen LogP contribution in [0.2, 0.25) is 0 Å². The van der Waals surface area contributed by atoms with Gasteiger partial charge in [-0.05, 0) is 28.1 Å². The molecule has 0 aliphatic rings. The smallest absolute Gasteiger partial charge is 0.322 e. The summed E-state index contributed by atoms with van der Waals surface area (Å²) in [5.74, 6) is -1.13. The number of ether oxygens (including phenoxy) is 1. The van der Waals surface area contributed by atoms with Gasteiger partial charge in [-0.2, -0.15) is 0 Å². The minimum absolute atomic E-state index is 0.0801.